The number of morpholine rings is 1. The van der Waals surface area contributed by atoms with Crippen LogP contribution >= 0.6 is 0 Å². The zero-order valence-corrected chi connectivity index (χ0v) is 11.7. The van der Waals surface area contributed by atoms with Gasteiger partial charge in [0.2, 0.25) is 0 Å². The first-order chi connectivity index (χ1) is 9.35. The molecule has 1 aromatic rings. The quantitative estimate of drug-likeness (QED) is 0.851. The minimum atomic E-state index is 0.258. The topological polar surface area (TPSA) is 47.7 Å². The van der Waals surface area contributed by atoms with Crippen LogP contribution in [0.2, 0.25) is 0 Å². The van der Waals surface area contributed by atoms with Gasteiger partial charge in [-0.1, -0.05) is 19.1 Å². The van der Waals surface area contributed by atoms with Gasteiger partial charge in [0.25, 0.3) is 0 Å². The smallest absolute Gasteiger partial charge is 0.119 e. The monoisotopic (exact) mass is 264 g/mol. The summed E-state index contributed by atoms with van der Waals surface area (Å²) in [5.74, 6) is 0.936. The third-order valence-corrected chi connectivity index (χ3v) is 3.43. The van der Waals surface area contributed by atoms with E-state index in [1.807, 2.05) is 12.1 Å². The molecule has 1 unspecified atom stereocenters. The van der Waals surface area contributed by atoms with Crippen LogP contribution in [0.3, 0.4) is 0 Å². The average Bonchev–Trinajstić information content (AvgIpc) is 2.47. The predicted octanol–water partition coefficient (Wildman–Crippen LogP) is 1.81. The molecule has 4 heteroatoms. The fraction of sp³-hybridized carbons (Fsp3) is 0.600. The van der Waals surface area contributed by atoms with E-state index in [0.29, 0.717) is 6.54 Å². The first-order valence-electron chi connectivity index (χ1n) is 7.09. The van der Waals surface area contributed by atoms with E-state index in [9.17, 15) is 0 Å². The van der Waals surface area contributed by atoms with Gasteiger partial charge in [0, 0.05) is 25.7 Å². The summed E-state index contributed by atoms with van der Waals surface area (Å²) in [5, 5.41) is 0. The van der Waals surface area contributed by atoms with E-state index in [4.69, 9.17) is 15.2 Å². The SMILES string of the molecule is CCCOc1cccc(C(CN)N2CCOCC2)c1. The van der Waals surface area contributed by atoms with Crippen molar-refractivity contribution in [3.05, 3.63) is 29.8 Å². The first kappa shape index (κ1) is 14.3. The van der Waals surface area contributed by atoms with E-state index in [1.54, 1.807) is 0 Å². The fourth-order valence-electron chi connectivity index (χ4n) is 2.42. The molecule has 1 aliphatic rings. The lowest BCUT2D eigenvalue weighted by atomic mass is 10.0. The molecule has 1 saturated heterocycles. The molecule has 0 spiro atoms. The van der Waals surface area contributed by atoms with Crippen molar-refractivity contribution in [1.29, 1.82) is 0 Å². The highest BCUT2D eigenvalue weighted by molar-refractivity contribution is 5.31. The molecule has 1 aliphatic heterocycles. The average molecular weight is 264 g/mol. The summed E-state index contributed by atoms with van der Waals surface area (Å²) in [6.07, 6.45) is 1.02. The zero-order chi connectivity index (χ0) is 13.5. The molecule has 0 bridgehead atoms. The Balaban J connectivity index is 2.08. The second-order valence-electron chi connectivity index (χ2n) is 4.82. The molecule has 4 nitrogen and oxygen atoms in total. The van der Waals surface area contributed by atoms with Gasteiger partial charge in [0.05, 0.1) is 19.8 Å². The minimum Gasteiger partial charge on any atom is -0.494 e. The predicted molar refractivity (Wildman–Crippen MR) is 76.4 cm³/mol. The summed E-state index contributed by atoms with van der Waals surface area (Å²) in [6, 6.07) is 8.55. The third kappa shape index (κ3) is 3.93. The number of nitrogens with two attached hydrogens (primary N) is 1. The van der Waals surface area contributed by atoms with E-state index in [-0.39, 0.29) is 6.04 Å². The molecular formula is C15H24N2O2. The Hall–Kier alpha value is -1.10. The second-order valence-corrected chi connectivity index (χ2v) is 4.82. The molecule has 19 heavy (non-hydrogen) atoms. The zero-order valence-electron chi connectivity index (χ0n) is 11.7. The van der Waals surface area contributed by atoms with E-state index >= 15 is 0 Å². The van der Waals surface area contributed by atoms with Gasteiger partial charge in [-0.05, 0) is 24.1 Å². The lowest BCUT2D eigenvalue weighted by Gasteiger charge is -2.34. The van der Waals surface area contributed by atoms with Gasteiger partial charge < -0.3 is 15.2 Å². The van der Waals surface area contributed by atoms with Crippen LogP contribution in [0, 0.1) is 0 Å². The van der Waals surface area contributed by atoms with Crippen LogP contribution in [0.1, 0.15) is 24.9 Å². The van der Waals surface area contributed by atoms with Gasteiger partial charge in [-0.3, -0.25) is 4.90 Å². The van der Waals surface area contributed by atoms with Crippen LogP contribution in [-0.4, -0.2) is 44.4 Å². The maximum atomic E-state index is 5.96. The van der Waals surface area contributed by atoms with E-state index in [2.05, 4.69) is 24.0 Å². The van der Waals surface area contributed by atoms with Crippen LogP contribution in [0.25, 0.3) is 0 Å². The Morgan fingerprint density at radius 3 is 2.84 bits per heavy atom. The molecule has 1 aromatic carbocycles. The molecule has 1 heterocycles. The van der Waals surface area contributed by atoms with Gasteiger partial charge in [0.1, 0.15) is 5.75 Å². The lowest BCUT2D eigenvalue weighted by Crippen LogP contribution is -2.41. The molecule has 0 amide bonds. The number of rotatable bonds is 6. The minimum absolute atomic E-state index is 0.258. The number of ether oxygens (including phenoxy) is 2. The van der Waals surface area contributed by atoms with Gasteiger partial charge in [-0.15, -0.1) is 0 Å². The summed E-state index contributed by atoms with van der Waals surface area (Å²) in [6.45, 7) is 6.97. The summed E-state index contributed by atoms with van der Waals surface area (Å²) >= 11 is 0. The van der Waals surface area contributed by atoms with Crippen molar-refractivity contribution in [3.63, 3.8) is 0 Å². The van der Waals surface area contributed by atoms with Crippen LogP contribution in [-0.2, 0) is 4.74 Å². The van der Waals surface area contributed by atoms with Crippen molar-refractivity contribution in [1.82, 2.24) is 4.90 Å². The number of benzene rings is 1. The normalized spacial score (nSPS) is 18.2. The maximum absolute atomic E-state index is 5.96. The molecule has 106 valence electrons. The van der Waals surface area contributed by atoms with Crippen LogP contribution in [0.15, 0.2) is 24.3 Å². The summed E-state index contributed by atoms with van der Waals surface area (Å²) in [5.41, 5.74) is 7.20. The maximum Gasteiger partial charge on any atom is 0.119 e. The summed E-state index contributed by atoms with van der Waals surface area (Å²) in [7, 11) is 0. The Bertz CT molecular complexity index is 378. The Morgan fingerprint density at radius 2 is 2.16 bits per heavy atom. The summed E-state index contributed by atoms with van der Waals surface area (Å²) < 4.78 is 11.1. The van der Waals surface area contributed by atoms with Crippen molar-refractivity contribution < 1.29 is 9.47 Å². The molecule has 1 fully saturated rings. The standard InChI is InChI=1S/C15H24N2O2/c1-2-8-19-14-5-3-4-13(11-14)15(12-16)17-6-9-18-10-7-17/h3-5,11,15H,2,6-10,12,16H2,1H3. The van der Waals surface area contributed by atoms with Crippen LogP contribution in [0.4, 0.5) is 0 Å². The largest absolute Gasteiger partial charge is 0.494 e. The first-order valence-corrected chi connectivity index (χ1v) is 7.09. The van der Waals surface area contributed by atoms with Gasteiger partial charge >= 0.3 is 0 Å². The fourth-order valence-corrected chi connectivity index (χ4v) is 2.42. The lowest BCUT2D eigenvalue weighted by molar-refractivity contribution is 0.0178. The van der Waals surface area contributed by atoms with Crippen LogP contribution in [0.5, 0.6) is 5.75 Å². The van der Waals surface area contributed by atoms with Crippen molar-refractivity contribution in [2.24, 2.45) is 5.73 Å². The van der Waals surface area contributed by atoms with Crippen molar-refractivity contribution in [2.75, 3.05) is 39.5 Å². The Labute approximate surface area is 115 Å². The molecule has 0 radical (unpaired) electrons. The second kappa shape index (κ2) is 7.48. The van der Waals surface area contributed by atoms with E-state index in [0.717, 1.165) is 45.1 Å². The molecule has 1 atom stereocenters. The van der Waals surface area contributed by atoms with E-state index < -0.39 is 0 Å². The van der Waals surface area contributed by atoms with Crippen molar-refractivity contribution in [2.45, 2.75) is 19.4 Å². The Kier molecular flexibility index (Phi) is 5.63. The molecule has 2 rings (SSSR count). The highest BCUT2D eigenvalue weighted by atomic mass is 16.5. The number of hydrogen-bond acceptors (Lipinski definition) is 4. The van der Waals surface area contributed by atoms with Gasteiger partial charge in [0.15, 0.2) is 0 Å². The molecule has 0 aliphatic carbocycles. The van der Waals surface area contributed by atoms with Crippen molar-refractivity contribution in [3.8, 4) is 5.75 Å². The number of hydrogen-bond donors (Lipinski definition) is 1. The Morgan fingerprint density at radius 1 is 1.37 bits per heavy atom. The van der Waals surface area contributed by atoms with E-state index in [1.165, 1.54) is 5.56 Å². The number of nitrogens with zero attached hydrogens (tertiary/aromatic N) is 1. The van der Waals surface area contributed by atoms with Gasteiger partial charge in [-0.2, -0.15) is 0 Å². The highest BCUT2D eigenvalue weighted by Gasteiger charge is 2.21. The summed E-state index contributed by atoms with van der Waals surface area (Å²) in [4.78, 5) is 2.39. The molecule has 2 N–H and O–H groups in total. The van der Waals surface area contributed by atoms with Crippen LogP contribution < -0.4 is 10.5 Å². The van der Waals surface area contributed by atoms with Gasteiger partial charge in [-0.25, -0.2) is 0 Å². The molecule has 0 saturated carbocycles. The molecule has 0 aromatic heterocycles. The highest BCUT2D eigenvalue weighted by Crippen LogP contribution is 2.24. The third-order valence-electron chi connectivity index (χ3n) is 3.43. The molecular weight excluding hydrogens is 240 g/mol. The van der Waals surface area contributed by atoms with Crippen molar-refractivity contribution >= 4 is 0 Å².